The number of nitrogens with zero attached hydrogens (tertiary/aromatic N) is 3. The maximum atomic E-state index is 4.61. The summed E-state index contributed by atoms with van der Waals surface area (Å²) in [4.78, 5) is 4.61. The average molecular weight is 257 g/mol. The molecule has 0 aliphatic carbocycles. The zero-order chi connectivity index (χ0) is 13.2. The number of fused-ring (bicyclic) bond motifs is 1. The number of piperidine rings is 1. The van der Waals surface area contributed by atoms with Crippen molar-refractivity contribution in [3.63, 3.8) is 0 Å². The van der Waals surface area contributed by atoms with E-state index in [-0.39, 0.29) is 0 Å². The van der Waals surface area contributed by atoms with Gasteiger partial charge in [-0.3, -0.25) is 9.50 Å². The van der Waals surface area contributed by atoms with Gasteiger partial charge in [0.2, 0.25) is 0 Å². The Labute approximate surface area is 112 Å². The fraction of sp³-hybridized carbons (Fsp3) is 0.429. The van der Waals surface area contributed by atoms with Crippen molar-refractivity contribution in [2.45, 2.75) is 19.3 Å². The second-order valence-corrected chi connectivity index (χ2v) is 5.17. The second-order valence-electron chi connectivity index (χ2n) is 5.17. The molecule has 2 N–H and O–H groups in total. The zero-order valence-corrected chi connectivity index (χ0v) is 11.1. The fourth-order valence-corrected chi connectivity index (χ4v) is 2.74. The first-order valence-electron chi connectivity index (χ1n) is 6.70. The van der Waals surface area contributed by atoms with Gasteiger partial charge >= 0.3 is 0 Å². The topological polar surface area (TPSA) is 58.0 Å². The quantitative estimate of drug-likeness (QED) is 0.802. The first-order chi connectivity index (χ1) is 9.27. The molecule has 2 aromatic heterocycles. The summed E-state index contributed by atoms with van der Waals surface area (Å²) in [5.74, 6) is 2.14. The normalized spacial score (nSPS) is 23.4. The third-order valence-corrected chi connectivity index (χ3v) is 3.88. The van der Waals surface area contributed by atoms with E-state index < -0.39 is 0 Å². The first-order valence-corrected chi connectivity index (χ1v) is 6.70. The van der Waals surface area contributed by atoms with Crippen molar-refractivity contribution < 1.29 is 0 Å². The molecule has 0 radical (unpaired) electrons. The van der Waals surface area contributed by atoms with Gasteiger partial charge < -0.3 is 5.32 Å². The number of rotatable bonds is 1. The molecular formula is C14H19N5. The Balaban J connectivity index is 2.20. The summed E-state index contributed by atoms with van der Waals surface area (Å²) in [6.07, 6.45) is 6.62. The number of hydrogen-bond donors (Lipinski definition) is 2. The highest BCUT2D eigenvalue weighted by molar-refractivity contribution is 5.43. The van der Waals surface area contributed by atoms with E-state index in [9.17, 15) is 0 Å². The predicted octanol–water partition coefficient (Wildman–Crippen LogP) is 1.02. The minimum absolute atomic E-state index is 0.424. The van der Waals surface area contributed by atoms with Crippen LogP contribution in [0.4, 0.5) is 0 Å². The van der Waals surface area contributed by atoms with E-state index in [1.807, 2.05) is 12.3 Å². The lowest BCUT2D eigenvalue weighted by Gasteiger charge is -2.28. The lowest BCUT2D eigenvalue weighted by Crippen LogP contribution is -2.35. The number of H-pyrrole nitrogens is 1. The summed E-state index contributed by atoms with van der Waals surface area (Å²) >= 11 is 0. The van der Waals surface area contributed by atoms with E-state index in [2.05, 4.69) is 38.4 Å². The van der Waals surface area contributed by atoms with E-state index in [0.29, 0.717) is 11.8 Å². The molecule has 100 valence electrons. The summed E-state index contributed by atoms with van der Waals surface area (Å²) < 4.78 is 2.11. The minimum atomic E-state index is 0.424. The van der Waals surface area contributed by atoms with Crippen LogP contribution < -0.4 is 10.7 Å². The Morgan fingerprint density at radius 2 is 2.32 bits per heavy atom. The molecule has 5 heteroatoms. The van der Waals surface area contributed by atoms with Crippen molar-refractivity contribution in [3.05, 3.63) is 35.8 Å². The van der Waals surface area contributed by atoms with Crippen molar-refractivity contribution in [3.8, 4) is 0 Å². The molecule has 0 spiro atoms. The van der Waals surface area contributed by atoms with Gasteiger partial charge in [-0.15, -0.1) is 0 Å². The molecule has 2 unspecified atom stereocenters. The maximum Gasteiger partial charge on any atom is 0.118 e. The average Bonchev–Trinajstić information content (AvgIpc) is 2.79. The Kier molecular flexibility index (Phi) is 3.21. The Bertz CT molecular complexity index is 655. The van der Waals surface area contributed by atoms with Crippen LogP contribution in [0.2, 0.25) is 0 Å². The standard InChI is InChI=1S/C14H19N5/c1-10-3-5-15-9-13(10)14-16-7-12-8-18-17-6-4-11(2)19(12)14/h4,6-8,10,13,15,17H,2-3,5,9H2,1H3. The molecule has 3 rings (SSSR count). The number of aromatic nitrogens is 4. The largest absolute Gasteiger partial charge is 0.316 e. The van der Waals surface area contributed by atoms with Crippen LogP contribution >= 0.6 is 0 Å². The molecule has 0 saturated carbocycles. The van der Waals surface area contributed by atoms with Gasteiger partial charge in [-0.1, -0.05) is 13.5 Å². The van der Waals surface area contributed by atoms with Gasteiger partial charge in [-0.25, -0.2) is 4.98 Å². The molecule has 5 nitrogen and oxygen atoms in total. The number of aromatic amines is 1. The summed E-state index contributed by atoms with van der Waals surface area (Å²) in [5.41, 5.74) is 0.967. The van der Waals surface area contributed by atoms with Gasteiger partial charge in [0.15, 0.2) is 0 Å². The van der Waals surface area contributed by atoms with Crippen molar-refractivity contribution in [2.24, 2.45) is 5.92 Å². The number of hydrogen-bond acceptors (Lipinski definition) is 3. The highest BCUT2D eigenvalue weighted by Crippen LogP contribution is 2.27. The molecule has 1 aliphatic heterocycles. The SMILES string of the molecule is C=c1cc[nH]ncc2cnc(C3CNCCC3C)n12. The monoisotopic (exact) mass is 257 g/mol. The van der Waals surface area contributed by atoms with Gasteiger partial charge in [-0.05, 0) is 24.9 Å². The molecule has 2 atom stereocenters. The van der Waals surface area contributed by atoms with E-state index in [4.69, 9.17) is 0 Å². The molecule has 3 heterocycles. The molecule has 1 aliphatic rings. The van der Waals surface area contributed by atoms with Gasteiger partial charge in [0.05, 0.1) is 17.9 Å². The number of imidazole rings is 1. The molecule has 1 fully saturated rings. The maximum absolute atomic E-state index is 4.61. The highest BCUT2D eigenvalue weighted by Gasteiger charge is 2.26. The van der Waals surface area contributed by atoms with Crippen LogP contribution in [0.15, 0.2) is 24.7 Å². The third kappa shape index (κ3) is 2.21. The van der Waals surface area contributed by atoms with E-state index in [1.54, 1.807) is 12.4 Å². The Hall–Kier alpha value is -1.88. The molecule has 0 aromatic carbocycles. The summed E-state index contributed by atoms with van der Waals surface area (Å²) in [7, 11) is 0. The smallest absolute Gasteiger partial charge is 0.118 e. The molecule has 0 bridgehead atoms. The third-order valence-electron chi connectivity index (χ3n) is 3.88. The van der Waals surface area contributed by atoms with Crippen LogP contribution in [0.25, 0.3) is 12.1 Å². The van der Waals surface area contributed by atoms with Crippen LogP contribution in [-0.4, -0.2) is 32.7 Å². The lowest BCUT2D eigenvalue weighted by molar-refractivity contribution is 0.336. The van der Waals surface area contributed by atoms with Gasteiger partial charge in [0.25, 0.3) is 0 Å². The van der Waals surface area contributed by atoms with Crippen LogP contribution in [0, 0.1) is 5.92 Å². The van der Waals surface area contributed by atoms with E-state index >= 15 is 0 Å². The fourth-order valence-electron chi connectivity index (χ4n) is 2.74. The van der Waals surface area contributed by atoms with Crippen molar-refractivity contribution in [1.29, 1.82) is 0 Å². The molecule has 2 aromatic rings. The second kappa shape index (κ2) is 5.01. The number of nitrogens with one attached hydrogen (secondary N) is 2. The van der Waals surface area contributed by atoms with Crippen molar-refractivity contribution >= 4 is 12.1 Å². The Morgan fingerprint density at radius 3 is 3.16 bits per heavy atom. The summed E-state index contributed by atoms with van der Waals surface area (Å²) in [6.45, 7) is 8.49. The van der Waals surface area contributed by atoms with Crippen molar-refractivity contribution in [2.75, 3.05) is 13.1 Å². The van der Waals surface area contributed by atoms with Gasteiger partial charge in [-0.2, -0.15) is 5.10 Å². The molecule has 1 saturated heterocycles. The van der Waals surface area contributed by atoms with Crippen molar-refractivity contribution in [1.82, 2.24) is 24.9 Å². The van der Waals surface area contributed by atoms with Gasteiger partial charge in [0, 0.05) is 24.0 Å². The van der Waals surface area contributed by atoms with E-state index in [1.165, 1.54) is 6.42 Å². The minimum Gasteiger partial charge on any atom is -0.316 e. The highest BCUT2D eigenvalue weighted by atomic mass is 15.1. The van der Waals surface area contributed by atoms with Gasteiger partial charge in [0.1, 0.15) is 5.82 Å². The van der Waals surface area contributed by atoms with Crippen LogP contribution in [0.1, 0.15) is 25.1 Å². The molecule has 0 amide bonds. The molecular weight excluding hydrogens is 238 g/mol. The molecule has 19 heavy (non-hydrogen) atoms. The summed E-state index contributed by atoms with van der Waals surface area (Å²) in [6, 6.07) is 1.92. The van der Waals surface area contributed by atoms with Crippen LogP contribution in [0.5, 0.6) is 0 Å². The van der Waals surface area contributed by atoms with Crippen LogP contribution in [-0.2, 0) is 0 Å². The zero-order valence-electron chi connectivity index (χ0n) is 11.1. The van der Waals surface area contributed by atoms with Crippen LogP contribution in [0.3, 0.4) is 0 Å². The first kappa shape index (κ1) is 12.2. The predicted molar refractivity (Wildman–Crippen MR) is 75.1 cm³/mol. The van der Waals surface area contributed by atoms with E-state index in [0.717, 1.165) is 29.8 Å². The Morgan fingerprint density at radius 1 is 1.42 bits per heavy atom. The lowest BCUT2D eigenvalue weighted by atomic mass is 9.87. The summed E-state index contributed by atoms with van der Waals surface area (Å²) in [5, 5.41) is 11.3.